The Hall–Kier alpha value is -0.220. The van der Waals surface area contributed by atoms with Crippen LogP contribution in [0.3, 0.4) is 0 Å². The van der Waals surface area contributed by atoms with E-state index in [0.29, 0.717) is 0 Å². The number of aromatic carboxylic acids is 1. The minimum Gasteiger partial charge on any atom is -0.505 e. The first kappa shape index (κ1) is 11.8. The molecule has 0 atom stereocenters. The third-order valence-electron chi connectivity index (χ3n) is 1.22. The monoisotopic (exact) mass is 195 g/mol. The summed E-state index contributed by atoms with van der Waals surface area (Å²) in [6.07, 6.45) is 0. The first-order valence-electron chi connectivity index (χ1n) is 2.83. The van der Waals surface area contributed by atoms with E-state index in [0.717, 1.165) is 0 Å². The Bertz CT molecular complexity index is 301. The second-order valence-electron chi connectivity index (χ2n) is 1.94. The van der Waals surface area contributed by atoms with Crippen LogP contribution in [-0.4, -0.2) is 45.7 Å². The number of phenols is 1. The topological polar surface area (TPSA) is 57.5 Å². The maximum atomic E-state index is 10.4. The quantitative estimate of drug-likeness (QED) is 0.666. The smallest absolute Gasteiger partial charge is 0.339 e. The fraction of sp³-hybridized carbons (Fsp3) is 0. The molecule has 0 saturated heterocycles. The standard InChI is InChI=1S/C7H5ClO3.Na/c8-5-3-1-2-4(6(5)9)7(10)11;/h1-3,9H,(H,10,11);. The van der Waals surface area contributed by atoms with Crippen LogP contribution in [0.4, 0.5) is 0 Å². The van der Waals surface area contributed by atoms with Crippen LogP contribution < -0.4 is 0 Å². The summed E-state index contributed by atoms with van der Waals surface area (Å²) in [6.45, 7) is 0. The predicted octanol–water partition coefficient (Wildman–Crippen LogP) is 1.36. The van der Waals surface area contributed by atoms with Crippen molar-refractivity contribution >= 4 is 47.1 Å². The van der Waals surface area contributed by atoms with Gasteiger partial charge in [0.05, 0.1) is 5.02 Å². The van der Waals surface area contributed by atoms with E-state index in [9.17, 15) is 4.79 Å². The van der Waals surface area contributed by atoms with E-state index in [1.54, 1.807) is 0 Å². The molecule has 12 heavy (non-hydrogen) atoms. The fourth-order valence-corrected chi connectivity index (χ4v) is 0.862. The van der Waals surface area contributed by atoms with Gasteiger partial charge in [-0.15, -0.1) is 0 Å². The second-order valence-corrected chi connectivity index (χ2v) is 2.35. The van der Waals surface area contributed by atoms with Crippen molar-refractivity contribution in [1.82, 2.24) is 0 Å². The van der Waals surface area contributed by atoms with E-state index < -0.39 is 5.97 Å². The van der Waals surface area contributed by atoms with Crippen molar-refractivity contribution in [3.8, 4) is 5.75 Å². The number of hydrogen-bond donors (Lipinski definition) is 2. The van der Waals surface area contributed by atoms with Gasteiger partial charge in [0.2, 0.25) is 0 Å². The van der Waals surface area contributed by atoms with Crippen molar-refractivity contribution in [2.24, 2.45) is 0 Å². The summed E-state index contributed by atoms with van der Waals surface area (Å²) in [7, 11) is 0. The molecule has 0 spiro atoms. The zero-order valence-corrected chi connectivity index (χ0v) is 9.17. The van der Waals surface area contributed by atoms with Crippen molar-refractivity contribution < 1.29 is 15.0 Å². The molecule has 0 unspecified atom stereocenters. The van der Waals surface area contributed by atoms with E-state index in [-0.39, 0.29) is 45.9 Å². The number of aromatic hydroxyl groups is 1. The molecule has 0 heterocycles. The molecule has 1 aromatic carbocycles. The third kappa shape index (κ3) is 2.38. The molecule has 0 fully saturated rings. The van der Waals surface area contributed by atoms with E-state index in [2.05, 4.69) is 0 Å². The summed E-state index contributed by atoms with van der Waals surface area (Å²) in [5.74, 6) is -1.58. The molecule has 0 bridgehead atoms. The maximum absolute atomic E-state index is 10.4. The Balaban J connectivity index is 0.00000121. The normalized spacial score (nSPS) is 8.75. The molecule has 59 valence electrons. The Morgan fingerprint density at radius 2 is 2.00 bits per heavy atom. The first-order chi connectivity index (χ1) is 5.13. The van der Waals surface area contributed by atoms with E-state index in [1.165, 1.54) is 18.2 Å². The average Bonchev–Trinajstić information content (AvgIpc) is 1.94. The Labute approximate surface area is 96.3 Å². The first-order valence-corrected chi connectivity index (χ1v) is 3.21. The van der Waals surface area contributed by atoms with Gasteiger partial charge < -0.3 is 10.2 Å². The van der Waals surface area contributed by atoms with Crippen molar-refractivity contribution in [2.75, 3.05) is 0 Å². The van der Waals surface area contributed by atoms with E-state index in [4.69, 9.17) is 21.8 Å². The Kier molecular flexibility index (Phi) is 4.63. The SMILES string of the molecule is O=C(O)c1cccc(Cl)c1O.[Na]. The molecule has 0 aromatic heterocycles. The number of rotatable bonds is 1. The minimum absolute atomic E-state index is 0. The van der Waals surface area contributed by atoms with Crippen LogP contribution in [0.1, 0.15) is 10.4 Å². The van der Waals surface area contributed by atoms with Crippen LogP contribution in [0.5, 0.6) is 5.75 Å². The maximum Gasteiger partial charge on any atom is 0.339 e. The van der Waals surface area contributed by atoms with Gasteiger partial charge >= 0.3 is 5.97 Å². The molecule has 1 radical (unpaired) electrons. The molecular formula is C7H5ClNaO3. The fourth-order valence-electron chi connectivity index (χ4n) is 0.688. The molecule has 1 rings (SSSR count). The second kappa shape index (κ2) is 4.72. The van der Waals surface area contributed by atoms with Crippen LogP contribution in [0, 0.1) is 0 Å². The van der Waals surface area contributed by atoms with Gasteiger partial charge in [0, 0.05) is 29.6 Å². The number of carboxylic acids is 1. The molecule has 0 aliphatic carbocycles. The van der Waals surface area contributed by atoms with Crippen LogP contribution in [0.25, 0.3) is 0 Å². The number of carboxylic acid groups (broad SMARTS) is 1. The van der Waals surface area contributed by atoms with Crippen molar-refractivity contribution in [3.05, 3.63) is 28.8 Å². The zero-order valence-electron chi connectivity index (χ0n) is 6.41. The molecule has 0 aliphatic heterocycles. The summed E-state index contributed by atoms with van der Waals surface area (Å²) in [5.41, 5.74) is -0.183. The number of hydrogen-bond acceptors (Lipinski definition) is 2. The van der Waals surface area contributed by atoms with E-state index >= 15 is 0 Å². The molecule has 0 amide bonds. The van der Waals surface area contributed by atoms with E-state index in [1.807, 2.05) is 0 Å². The molecule has 0 saturated carbocycles. The number of para-hydroxylation sites is 1. The number of halogens is 1. The zero-order chi connectivity index (χ0) is 8.43. The Morgan fingerprint density at radius 3 is 2.42 bits per heavy atom. The van der Waals surface area contributed by atoms with Crippen LogP contribution in [-0.2, 0) is 0 Å². The minimum atomic E-state index is -1.19. The molecule has 0 aliphatic rings. The van der Waals surface area contributed by atoms with Gasteiger partial charge in [0.1, 0.15) is 11.3 Å². The summed E-state index contributed by atoms with van der Waals surface area (Å²) in [4.78, 5) is 10.4. The summed E-state index contributed by atoms with van der Waals surface area (Å²) in [5, 5.41) is 17.6. The summed E-state index contributed by atoms with van der Waals surface area (Å²) >= 11 is 5.44. The van der Waals surface area contributed by atoms with Crippen molar-refractivity contribution in [3.63, 3.8) is 0 Å². The number of carbonyl (C=O) groups is 1. The van der Waals surface area contributed by atoms with Gasteiger partial charge in [-0.1, -0.05) is 17.7 Å². The van der Waals surface area contributed by atoms with Gasteiger partial charge in [-0.25, -0.2) is 4.79 Å². The van der Waals surface area contributed by atoms with Crippen LogP contribution >= 0.6 is 11.6 Å². The molecule has 5 heteroatoms. The molecular weight excluding hydrogens is 191 g/mol. The molecule has 2 N–H and O–H groups in total. The van der Waals surface area contributed by atoms with Crippen LogP contribution in [0.15, 0.2) is 18.2 Å². The molecule has 3 nitrogen and oxygen atoms in total. The van der Waals surface area contributed by atoms with Crippen LogP contribution in [0.2, 0.25) is 5.02 Å². The van der Waals surface area contributed by atoms with Gasteiger partial charge in [0.15, 0.2) is 0 Å². The van der Waals surface area contributed by atoms with Gasteiger partial charge in [0.25, 0.3) is 0 Å². The largest absolute Gasteiger partial charge is 0.505 e. The summed E-state index contributed by atoms with van der Waals surface area (Å²) in [6, 6.07) is 4.17. The van der Waals surface area contributed by atoms with Gasteiger partial charge in [-0.05, 0) is 12.1 Å². The van der Waals surface area contributed by atoms with Crippen molar-refractivity contribution in [1.29, 1.82) is 0 Å². The summed E-state index contributed by atoms with van der Waals surface area (Å²) < 4.78 is 0. The predicted molar refractivity (Wildman–Crippen MR) is 45.8 cm³/mol. The number of benzene rings is 1. The molecule has 1 aromatic rings. The van der Waals surface area contributed by atoms with Gasteiger partial charge in [-0.3, -0.25) is 0 Å². The van der Waals surface area contributed by atoms with Crippen molar-refractivity contribution in [2.45, 2.75) is 0 Å². The van der Waals surface area contributed by atoms with Gasteiger partial charge in [-0.2, -0.15) is 0 Å². The Morgan fingerprint density at radius 1 is 1.42 bits per heavy atom. The average molecular weight is 196 g/mol. The third-order valence-corrected chi connectivity index (χ3v) is 1.52.